The Morgan fingerprint density at radius 2 is 1.69 bits per heavy atom. The molecule has 0 nitrogen and oxygen atoms in total. The first kappa shape index (κ1) is 11.2. The van der Waals surface area contributed by atoms with Crippen LogP contribution in [-0.4, -0.2) is 0 Å². The molecule has 2 aromatic rings. The predicted octanol–water partition coefficient (Wildman–Crippen LogP) is 5.03. The van der Waals surface area contributed by atoms with Gasteiger partial charge in [-0.25, -0.2) is 0 Å². The van der Waals surface area contributed by atoms with Crippen LogP contribution in [0.5, 0.6) is 0 Å². The minimum absolute atomic E-state index is 0.675. The number of hydrogen-bond acceptors (Lipinski definition) is 2. The van der Waals surface area contributed by atoms with E-state index in [0.29, 0.717) is 5.92 Å². The molecule has 0 radical (unpaired) electrons. The molecule has 84 valence electrons. The van der Waals surface area contributed by atoms with Crippen molar-refractivity contribution >= 4 is 45.3 Å². The van der Waals surface area contributed by atoms with Gasteiger partial charge in [0.05, 0.1) is 2.88 Å². The highest BCUT2D eigenvalue weighted by atomic mass is 127. The molecule has 16 heavy (non-hydrogen) atoms. The van der Waals surface area contributed by atoms with E-state index >= 15 is 0 Å². The Kier molecular flexibility index (Phi) is 2.88. The topological polar surface area (TPSA) is 0 Å². The minimum Gasteiger partial charge on any atom is -0.144 e. The first-order valence-corrected chi connectivity index (χ1v) is 8.23. The number of hydrogen-bond donors (Lipinski definition) is 0. The summed E-state index contributed by atoms with van der Waals surface area (Å²) in [7, 11) is 0. The van der Waals surface area contributed by atoms with E-state index in [2.05, 4.69) is 48.6 Å². The van der Waals surface area contributed by atoms with Crippen LogP contribution in [0.2, 0.25) is 0 Å². The summed E-state index contributed by atoms with van der Waals surface area (Å²) in [6, 6.07) is 4.79. The summed E-state index contributed by atoms with van der Waals surface area (Å²) in [6.45, 7) is 4.58. The van der Waals surface area contributed by atoms with Crippen LogP contribution in [0.15, 0.2) is 12.1 Å². The smallest absolute Gasteiger partial charge is 0.0659 e. The molecule has 0 bridgehead atoms. The van der Waals surface area contributed by atoms with Crippen LogP contribution >= 0.6 is 45.3 Å². The number of fused-ring (bicyclic) bond motifs is 2. The third-order valence-corrected chi connectivity index (χ3v) is 6.47. The quantitative estimate of drug-likeness (QED) is 0.534. The van der Waals surface area contributed by atoms with Crippen LogP contribution in [0.25, 0.3) is 0 Å². The molecule has 0 aliphatic heterocycles. The highest BCUT2D eigenvalue weighted by Gasteiger charge is 2.21. The third-order valence-electron chi connectivity index (χ3n) is 3.05. The molecule has 0 spiro atoms. The molecule has 0 atom stereocenters. The lowest BCUT2D eigenvalue weighted by molar-refractivity contribution is 0.888. The average molecular weight is 360 g/mol. The van der Waals surface area contributed by atoms with Gasteiger partial charge in [0, 0.05) is 27.5 Å². The van der Waals surface area contributed by atoms with E-state index < -0.39 is 0 Å². The van der Waals surface area contributed by atoms with Gasteiger partial charge in [-0.1, -0.05) is 13.8 Å². The zero-order valence-corrected chi connectivity index (χ0v) is 13.1. The molecule has 1 aliphatic carbocycles. The van der Waals surface area contributed by atoms with Gasteiger partial charge in [-0.3, -0.25) is 0 Å². The SMILES string of the molecule is CC(C)c1cc2c(s1)Cc1cc(I)sc1C2. The summed E-state index contributed by atoms with van der Waals surface area (Å²) in [5, 5.41) is 0. The lowest BCUT2D eigenvalue weighted by Gasteiger charge is -2.10. The average Bonchev–Trinajstić information content (AvgIpc) is 2.74. The largest absolute Gasteiger partial charge is 0.144 e. The van der Waals surface area contributed by atoms with E-state index in [0.717, 1.165) is 0 Å². The van der Waals surface area contributed by atoms with Crippen LogP contribution in [-0.2, 0) is 12.8 Å². The van der Waals surface area contributed by atoms with Gasteiger partial charge in [0.2, 0.25) is 0 Å². The van der Waals surface area contributed by atoms with Gasteiger partial charge < -0.3 is 0 Å². The molecule has 0 unspecified atom stereocenters. The maximum Gasteiger partial charge on any atom is 0.0659 e. The van der Waals surface area contributed by atoms with Gasteiger partial charge in [-0.05, 0) is 51.8 Å². The molecule has 1 aliphatic rings. The van der Waals surface area contributed by atoms with Gasteiger partial charge in [-0.2, -0.15) is 0 Å². The summed E-state index contributed by atoms with van der Waals surface area (Å²) < 4.78 is 1.43. The van der Waals surface area contributed by atoms with Crippen LogP contribution in [0.1, 0.15) is 45.5 Å². The fourth-order valence-corrected chi connectivity index (χ4v) is 5.46. The van der Waals surface area contributed by atoms with E-state index in [-0.39, 0.29) is 0 Å². The number of rotatable bonds is 1. The molecule has 0 saturated carbocycles. The van der Waals surface area contributed by atoms with Crippen molar-refractivity contribution in [2.45, 2.75) is 32.6 Å². The molecule has 0 N–H and O–H groups in total. The zero-order chi connectivity index (χ0) is 11.3. The summed E-state index contributed by atoms with van der Waals surface area (Å²) in [4.78, 5) is 4.74. The molecule has 0 saturated heterocycles. The highest BCUT2D eigenvalue weighted by molar-refractivity contribution is 14.1. The molecule has 3 heteroatoms. The van der Waals surface area contributed by atoms with Crippen LogP contribution < -0.4 is 0 Å². The van der Waals surface area contributed by atoms with Crippen molar-refractivity contribution in [3.63, 3.8) is 0 Å². The standard InChI is InChI=1S/C13H13IS2/c1-7(2)10-3-8-4-12-9(5-11(8)15-10)6-13(14)16-12/h3,6-7H,4-5H2,1-2H3. The molecule has 0 amide bonds. The van der Waals surface area contributed by atoms with Crippen molar-refractivity contribution in [2.75, 3.05) is 0 Å². The lowest BCUT2D eigenvalue weighted by Crippen LogP contribution is -1.99. The van der Waals surface area contributed by atoms with Gasteiger partial charge in [-0.15, -0.1) is 22.7 Å². The Balaban J connectivity index is 2.01. The second-order valence-corrected chi connectivity index (χ2v) is 8.80. The molecular formula is C13H13IS2. The summed E-state index contributed by atoms with van der Waals surface area (Å²) in [6.07, 6.45) is 2.34. The molecule has 2 heterocycles. The molecule has 0 fully saturated rings. The maximum atomic E-state index is 2.44. The Bertz CT molecular complexity index is 493. The third kappa shape index (κ3) is 1.87. The van der Waals surface area contributed by atoms with Crippen LogP contribution in [0.3, 0.4) is 0 Å². The van der Waals surface area contributed by atoms with Crippen molar-refractivity contribution < 1.29 is 0 Å². The zero-order valence-electron chi connectivity index (χ0n) is 9.34. The molecular weight excluding hydrogens is 347 g/mol. The number of halogens is 1. The summed E-state index contributed by atoms with van der Waals surface area (Å²) >= 11 is 6.42. The first-order valence-electron chi connectivity index (χ1n) is 5.52. The van der Waals surface area contributed by atoms with Crippen molar-refractivity contribution in [1.82, 2.24) is 0 Å². The Labute approximate surface area is 118 Å². The van der Waals surface area contributed by atoms with Gasteiger partial charge in [0.1, 0.15) is 0 Å². The molecule has 2 aromatic heterocycles. The highest BCUT2D eigenvalue weighted by Crippen LogP contribution is 2.39. The van der Waals surface area contributed by atoms with E-state index in [1.54, 1.807) is 25.8 Å². The van der Waals surface area contributed by atoms with Crippen molar-refractivity contribution in [3.8, 4) is 0 Å². The Hall–Kier alpha value is 0.130. The summed E-state index contributed by atoms with van der Waals surface area (Å²) in [5.74, 6) is 0.675. The molecule has 3 rings (SSSR count). The fourth-order valence-electron chi connectivity index (χ4n) is 2.15. The number of thiophene rings is 2. The second kappa shape index (κ2) is 4.10. The predicted molar refractivity (Wildman–Crippen MR) is 81.1 cm³/mol. The normalized spacial score (nSPS) is 14.0. The minimum atomic E-state index is 0.675. The van der Waals surface area contributed by atoms with Gasteiger partial charge in [0.15, 0.2) is 0 Å². The van der Waals surface area contributed by atoms with Gasteiger partial charge >= 0.3 is 0 Å². The monoisotopic (exact) mass is 360 g/mol. The van der Waals surface area contributed by atoms with E-state index in [1.807, 2.05) is 22.7 Å². The van der Waals surface area contributed by atoms with Crippen molar-refractivity contribution in [3.05, 3.63) is 40.8 Å². The van der Waals surface area contributed by atoms with E-state index in [4.69, 9.17) is 0 Å². The second-order valence-electron chi connectivity index (χ2n) is 4.60. The van der Waals surface area contributed by atoms with Crippen molar-refractivity contribution in [1.29, 1.82) is 0 Å². The van der Waals surface area contributed by atoms with Crippen LogP contribution in [0.4, 0.5) is 0 Å². The lowest BCUT2D eigenvalue weighted by atomic mass is 9.98. The van der Waals surface area contributed by atoms with Crippen LogP contribution in [0, 0.1) is 2.88 Å². The van der Waals surface area contributed by atoms with Crippen molar-refractivity contribution in [2.24, 2.45) is 0 Å². The van der Waals surface area contributed by atoms with E-state index in [9.17, 15) is 0 Å². The maximum absolute atomic E-state index is 2.44. The Morgan fingerprint density at radius 1 is 1.06 bits per heavy atom. The molecule has 0 aromatic carbocycles. The fraction of sp³-hybridized carbons (Fsp3) is 0.385. The summed E-state index contributed by atoms with van der Waals surface area (Å²) in [5.41, 5.74) is 3.15. The first-order chi connectivity index (χ1) is 7.63. The van der Waals surface area contributed by atoms with Gasteiger partial charge in [0.25, 0.3) is 0 Å². The van der Waals surface area contributed by atoms with E-state index in [1.165, 1.54) is 15.7 Å². The Morgan fingerprint density at radius 3 is 2.38 bits per heavy atom.